The number of rotatable bonds is 6. The third kappa shape index (κ3) is 3.00. The van der Waals surface area contributed by atoms with Crippen molar-refractivity contribution in [2.75, 3.05) is 6.54 Å². The molecule has 4 nitrogen and oxygen atoms in total. The van der Waals surface area contributed by atoms with Crippen LogP contribution in [-0.2, 0) is 11.2 Å². The Morgan fingerprint density at radius 1 is 1.30 bits per heavy atom. The first-order valence-electron chi connectivity index (χ1n) is 7.25. The Hall–Kier alpha value is -1.84. The molecule has 0 bridgehead atoms. The molecular formula is C16H19NO3. The summed E-state index contributed by atoms with van der Waals surface area (Å²) in [5.74, 6) is 0.966. The molecule has 0 radical (unpaired) electrons. The van der Waals surface area contributed by atoms with E-state index in [1.807, 2.05) is 6.07 Å². The van der Waals surface area contributed by atoms with Crippen molar-refractivity contribution in [3.63, 3.8) is 0 Å². The average Bonchev–Trinajstić information content (AvgIpc) is 3.28. The summed E-state index contributed by atoms with van der Waals surface area (Å²) in [5, 5.41) is 11.9. The summed E-state index contributed by atoms with van der Waals surface area (Å²) in [4.78, 5) is 22.8. The van der Waals surface area contributed by atoms with Crippen LogP contribution in [0.5, 0.6) is 0 Å². The fourth-order valence-corrected chi connectivity index (χ4v) is 2.88. The summed E-state index contributed by atoms with van der Waals surface area (Å²) in [6.45, 7) is 0.579. The largest absolute Gasteiger partial charge is 0.478 e. The van der Waals surface area contributed by atoms with E-state index < -0.39 is 5.97 Å². The Bertz CT molecular complexity index is 536. The van der Waals surface area contributed by atoms with Gasteiger partial charge in [0.2, 0.25) is 5.91 Å². The predicted molar refractivity (Wildman–Crippen MR) is 74.4 cm³/mol. The van der Waals surface area contributed by atoms with Gasteiger partial charge in [-0.15, -0.1) is 0 Å². The number of carboxylic acids is 1. The zero-order chi connectivity index (χ0) is 14.1. The molecule has 2 aliphatic carbocycles. The lowest BCUT2D eigenvalue weighted by atomic mass is 10.1. The molecular weight excluding hydrogens is 254 g/mol. The van der Waals surface area contributed by atoms with Gasteiger partial charge in [-0.3, -0.25) is 4.79 Å². The van der Waals surface area contributed by atoms with Crippen LogP contribution in [-0.4, -0.2) is 23.5 Å². The van der Waals surface area contributed by atoms with Crippen molar-refractivity contribution in [2.45, 2.75) is 25.7 Å². The van der Waals surface area contributed by atoms with Gasteiger partial charge in [0.1, 0.15) is 0 Å². The van der Waals surface area contributed by atoms with E-state index in [2.05, 4.69) is 5.32 Å². The molecule has 2 aliphatic rings. The maximum atomic E-state index is 11.9. The van der Waals surface area contributed by atoms with Gasteiger partial charge in [-0.05, 0) is 55.2 Å². The first-order chi connectivity index (χ1) is 9.65. The maximum absolute atomic E-state index is 11.9. The number of carboxylic acid groups (broad SMARTS) is 1. The molecule has 0 unspecified atom stereocenters. The quantitative estimate of drug-likeness (QED) is 0.834. The van der Waals surface area contributed by atoms with Crippen molar-refractivity contribution in [3.8, 4) is 0 Å². The monoisotopic (exact) mass is 273 g/mol. The van der Waals surface area contributed by atoms with Gasteiger partial charge < -0.3 is 10.4 Å². The zero-order valence-electron chi connectivity index (χ0n) is 11.3. The van der Waals surface area contributed by atoms with Crippen molar-refractivity contribution >= 4 is 11.9 Å². The Balaban J connectivity index is 1.44. The smallest absolute Gasteiger partial charge is 0.335 e. The highest BCUT2D eigenvalue weighted by molar-refractivity contribution is 5.87. The SMILES string of the molecule is O=C(O)c1cccc(CCNC(=O)[C@H]2C[C@@H]2C2CC2)c1. The highest BCUT2D eigenvalue weighted by atomic mass is 16.4. The van der Waals surface area contributed by atoms with Gasteiger partial charge >= 0.3 is 5.97 Å². The van der Waals surface area contributed by atoms with Crippen LogP contribution in [0.25, 0.3) is 0 Å². The topological polar surface area (TPSA) is 66.4 Å². The fraction of sp³-hybridized carbons (Fsp3) is 0.500. The summed E-state index contributed by atoms with van der Waals surface area (Å²) >= 11 is 0. The van der Waals surface area contributed by atoms with Crippen LogP contribution in [0, 0.1) is 17.8 Å². The molecule has 1 amide bonds. The second-order valence-corrected chi connectivity index (χ2v) is 5.89. The van der Waals surface area contributed by atoms with E-state index in [1.54, 1.807) is 18.2 Å². The van der Waals surface area contributed by atoms with E-state index in [0.717, 1.165) is 17.9 Å². The zero-order valence-corrected chi connectivity index (χ0v) is 11.3. The molecule has 2 fully saturated rings. The Labute approximate surface area is 118 Å². The Morgan fingerprint density at radius 2 is 2.10 bits per heavy atom. The van der Waals surface area contributed by atoms with E-state index in [9.17, 15) is 9.59 Å². The van der Waals surface area contributed by atoms with Crippen molar-refractivity contribution in [3.05, 3.63) is 35.4 Å². The molecule has 4 heteroatoms. The lowest BCUT2D eigenvalue weighted by molar-refractivity contribution is -0.122. The summed E-state index contributed by atoms with van der Waals surface area (Å²) < 4.78 is 0. The highest BCUT2D eigenvalue weighted by Gasteiger charge is 2.50. The molecule has 20 heavy (non-hydrogen) atoms. The summed E-state index contributed by atoms with van der Waals surface area (Å²) in [6.07, 6.45) is 4.34. The number of amides is 1. The predicted octanol–water partition coefficient (Wildman–Crippen LogP) is 2.09. The standard InChI is InChI=1S/C16H19NO3/c18-15(14-9-13(14)11-4-5-11)17-7-6-10-2-1-3-12(8-10)16(19)20/h1-3,8,11,13-14H,4-7,9H2,(H,17,18)(H,19,20)/t13-,14+/m1/s1. The second kappa shape index (κ2) is 5.27. The van der Waals surface area contributed by atoms with Gasteiger partial charge in [-0.1, -0.05) is 12.1 Å². The van der Waals surface area contributed by atoms with E-state index in [1.165, 1.54) is 12.8 Å². The minimum atomic E-state index is -0.916. The summed E-state index contributed by atoms with van der Waals surface area (Å²) in [6, 6.07) is 6.88. The first kappa shape index (κ1) is 13.2. The van der Waals surface area contributed by atoms with Crippen LogP contribution < -0.4 is 5.32 Å². The lowest BCUT2D eigenvalue weighted by Crippen LogP contribution is -2.27. The normalized spacial score (nSPS) is 24.2. The summed E-state index contributed by atoms with van der Waals surface area (Å²) in [5.41, 5.74) is 1.24. The number of benzene rings is 1. The number of carbonyl (C=O) groups excluding carboxylic acids is 1. The van der Waals surface area contributed by atoms with E-state index >= 15 is 0 Å². The number of hydrogen-bond donors (Lipinski definition) is 2. The molecule has 0 aromatic heterocycles. The molecule has 0 spiro atoms. The van der Waals surface area contributed by atoms with Crippen LogP contribution in [0.1, 0.15) is 35.2 Å². The van der Waals surface area contributed by atoms with Crippen LogP contribution in [0.15, 0.2) is 24.3 Å². The van der Waals surface area contributed by atoms with E-state index in [-0.39, 0.29) is 11.8 Å². The maximum Gasteiger partial charge on any atom is 0.335 e. The average molecular weight is 273 g/mol. The van der Waals surface area contributed by atoms with Crippen molar-refractivity contribution in [1.29, 1.82) is 0 Å². The third-order valence-corrected chi connectivity index (χ3v) is 4.29. The molecule has 2 atom stereocenters. The number of aromatic carboxylic acids is 1. The molecule has 2 saturated carbocycles. The van der Waals surface area contributed by atoms with Gasteiger partial charge in [0.15, 0.2) is 0 Å². The van der Waals surface area contributed by atoms with Crippen LogP contribution in [0.4, 0.5) is 0 Å². The molecule has 1 aromatic carbocycles. The van der Waals surface area contributed by atoms with Crippen molar-refractivity contribution in [1.82, 2.24) is 5.32 Å². The number of nitrogens with one attached hydrogen (secondary N) is 1. The lowest BCUT2D eigenvalue weighted by Gasteiger charge is -2.06. The van der Waals surface area contributed by atoms with Crippen molar-refractivity contribution < 1.29 is 14.7 Å². The Morgan fingerprint density at radius 3 is 2.80 bits per heavy atom. The molecule has 106 valence electrons. The minimum Gasteiger partial charge on any atom is -0.478 e. The molecule has 2 N–H and O–H groups in total. The minimum absolute atomic E-state index is 0.177. The van der Waals surface area contributed by atoms with Gasteiger partial charge in [-0.2, -0.15) is 0 Å². The molecule has 3 rings (SSSR count). The van der Waals surface area contributed by atoms with E-state index in [4.69, 9.17) is 5.11 Å². The Kier molecular flexibility index (Phi) is 3.47. The molecule has 1 aromatic rings. The van der Waals surface area contributed by atoms with Crippen LogP contribution in [0.2, 0.25) is 0 Å². The van der Waals surface area contributed by atoms with Crippen LogP contribution in [0.3, 0.4) is 0 Å². The number of carbonyl (C=O) groups is 2. The van der Waals surface area contributed by atoms with Gasteiger partial charge in [-0.25, -0.2) is 4.79 Å². The molecule has 0 aliphatic heterocycles. The van der Waals surface area contributed by atoms with Crippen molar-refractivity contribution in [2.24, 2.45) is 17.8 Å². The molecule has 0 heterocycles. The van der Waals surface area contributed by atoms with E-state index in [0.29, 0.717) is 24.4 Å². The van der Waals surface area contributed by atoms with Gasteiger partial charge in [0.05, 0.1) is 5.56 Å². The first-order valence-corrected chi connectivity index (χ1v) is 7.25. The summed E-state index contributed by atoms with van der Waals surface area (Å²) in [7, 11) is 0. The highest BCUT2D eigenvalue weighted by Crippen LogP contribution is 2.54. The third-order valence-electron chi connectivity index (χ3n) is 4.29. The number of hydrogen-bond acceptors (Lipinski definition) is 2. The second-order valence-electron chi connectivity index (χ2n) is 5.89. The van der Waals surface area contributed by atoms with Crippen LogP contribution >= 0.6 is 0 Å². The van der Waals surface area contributed by atoms with Gasteiger partial charge in [0.25, 0.3) is 0 Å². The fourth-order valence-electron chi connectivity index (χ4n) is 2.88. The molecule has 0 saturated heterocycles. The van der Waals surface area contributed by atoms with Gasteiger partial charge in [0, 0.05) is 12.5 Å².